The van der Waals surface area contributed by atoms with E-state index in [1.807, 2.05) is 48.5 Å². The number of benzene rings is 3. The summed E-state index contributed by atoms with van der Waals surface area (Å²) in [7, 11) is 1.61. The van der Waals surface area contributed by atoms with Gasteiger partial charge in [-0.05, 0) is 28.3 Å². The number of fused-ring (bicyclic) bond motifs is 5. The number of ether oxygens (including phenoxy) is 3. The summed E-state index contributed by atoms with van der Waals surface area (Å²) in [6, 6.07) is 23.6. The molecule has 6 rings (SSSR count). The molecule has 0 radical (unpaired) electrons. The number of para-hydroxylation sites is 1. The number of aliphatic hydroxyl groups is 1. The highest BCUT2D eigenvalue weighted by atomic mass is 16.6. The van der Waals surface area contributed by atoms with Gasteiger partial charge in [-0.1, -0.05) is 66.7 Å². The Kier molecular flexibility index (Phi) is 5.50. The number of hydrogen-bond donors (Lipinski definition) is 1. The Morgan fingerprint density at radius 2 is 1.51 bits per heavy atom. The molecule has 2 atom stereocenters. The van der Waals surface area contributed by atoms with Crippen LogP contribution in [0.5, 0.6) is 5.75 Å². The molecule has 1 amide bonds. The first-order valence-corrected chi connectivity index (χ1v) is 12.2. The van der Waals surface area contributed by atoms with Gasteiger partial charge in [0.25, 0.3) is 0 Å². The van der Waals surface area contributed by atoms with E-state index in [0.717, 1.165) is 5.56 Å². The van der Waals surface area contributed by atoms with E-state index in [2.05, 4.69) is 24.3 Å². The standard InChI is InChI=1S/C29H29NO5/c1-33-27-13-7-6-12-26(27)29(32)14-19-16-34-17-20(15-29)30(19)28(31)35-18-25-23-10-4-2-8-21(23)22-9-3-5-11-24(22)25/h2-13,19-20,25,32H,14-18H2,1H3. The first-order valence-electron chi connectivity index (χ1n) is 12.2. The van der Waals surface area contributed by atoms with Gasteiger partial charge in [0.1, 0.15) is 12.4 Å². The van der Waals surface area contributed by atoms with Crippen LogP contribution in [0.4, 0.5) is 4.79 Å². The normalized spacial score (nSPS) is 25.0. The predicted octanol–water partition coefficient (Wildman–Crippen LogP) is 4.70. The van der Waals surface area contributed by atoms with E-state index in [1.54, 1.807) is 12.0 Å². The van der Waals surface area contributed by atoms with E-state index in [4.69, 9.17) is 14.2 Å². The average molecular weight is 472 g/mol. The molecule has 0 spiro atoms. The number of piperidine rings is 1. The first-order chi connectivity index (χ1) is 17.1. The Hall–Kier alpha value is -3.35. The molecule has 2 bridgehead atoms. The molecule has 2 unspecified atom stereocenters. The molecule has 2 heterocycles. The van der Waals surface area contributed by atoms with Crippen LogP contribution in [0, 0.1) is 0 Å². The summed E-state index contributed by atoms with van der Waals surface area (Å²) in [5.74, 6) is 0.668. The van der Waals surface area contributed by atoms with E-state index in [-0.39, 0.29) is 30.7 Å². The van der Waals surface area contributed by atoms with E-state index in [0.29, 0.717) is 31.8 Å². The first kappa shape index (κ1) is 22.1. The summed E-state index contributed by atoms with van der Waals surface area (Å²) >= 11 is 0. The molecule has 1 N–H and O–H groups in total. The second kappa shape index (κ2) is 8.70. The summed E-state index contributed by atoms with van der Waals surface area (Å²) in [6.45, 7) is 1.02. The molecule has 6 nitrogen and oxygen atoms in total. The molecule has 1 aliphatic carbocycles. The number of carbonyl (C=O) groups is 1. The molecule has 3 aliphatic rings. The summed E-state index contributed by atoms with van der Waals surface area (Å²) in [5.41, 5.74) is 4.45. The molecule has 0 saturated carbocycles. The van der Waals surface area contributed by atoms with Gasteiger partial charge in [-0.2, -0.15) is 0 Å². The molecular weight excluding hydrogens is 442 g/mol. The van der Waals surface area contributed by atoms with Gasteiger partial charge >= 0.3 is 6.09 Å². The second-order valence-corrected chi connectivity index (χ2v) is 9.70. The topological polar surface area (TPSA) is 68.2 Å². The van der Waals surface area contributed by atoms with Gasteiger partial charge in [0.15, 0.2) is 0 Å². The van der Waals surface area contributed by atoms with Crippen molar-refractivity contribution in [1.82, 2.24) is 4.90 Å². The van der Waals surface area contributed by atoms with Crippen molar-refractivity contribution < 1.29 is 24.1 Å². The lowest BCUT2D eigenvalue weighted by molar-refractivity contribution is -0.137. The van der Waals surface area contributed by atoms with Crippen molar-refractivity contribution in [2.75, 3.05) is 26.9 Å². The lowest BCUT2D eigenvalue weighted by Gasteiger charge is -2.51. The van der Waals surface area contributed by atoms with E-state index >= 15 is 0 Å². The van der Waals surface area contributed by atoms with Crippen LogP contribution in [0.25, 0.3) is 11.1 Å². The van der Waals surface area contributed by atoms with Gasteiger partial charge in [-0.15, -0.1) is 0 Å². The number of rotatable bonds is 4. The van der Waals surface area contributed by atoms with Crippen LogP contribution >= 0.6 is 0 Å². The maximum atomic E-state index is 13.4. The van der Waals surface area contributed by atoms with Crippen LogP contribution in [-0.2, 0) is 15.1 Å². The number of methoxy groups -OCH3 is 1. The third kappa shape index (κ3) is 3.68. The number of amides is 1. The fourth-order valence-corrected chi connectivity index (χ4v) is 6.19. The maximum Gasteiger partial charge on any atom is 0.410 e. The smallest absolute Gasteiger partial charge is 0.410 e. The zero-order valence-electron chi connectivity index (χ0n) is 19.7. The number of hydrogen-bond acceptors (Lipinski definition) is 5. The lowest BCUT2D eigenvalue weighted by Crippen LogP contribution is -2.62. The van der Waals surface area contributed by atoms with Gasteiger partial charge in [-0.25, -0.2) is 4.79 Å². The van der Waals surface area contributed by atoms with Crippen LogP contribution < -0.4 is 4.74 Å². The SMILES string of the molecule is COc1ccccc1C1(O)CC2COCC(C1)N2C(=O)OCC1c2ccccc2-c2ccccc21. The average Bonchev–Trinajstić information content (AvgIpc) is 3.20. The summed E-state index contributed by atoms with van der Waals surface area (Å²) < 4.78 is 17.3. The second-order valence-electron chi connectivity index (χ2n) is 9.70. The minimum absolute atomic E-state index is 0.0118. The number of carbonyl (C=O) groups excluding carboxylic acids is 1. The van der Waals surface area contributed by atoms with Crippen molar-refractivity contribution in [3.05, 3.63) is 89.5 Å². The molecule has 6 heteroatoms. The van der Waals surface area contributed by atoms with Crippen LogP contribution in [-0.4, -0.2) is 55.1 Å². The Morgan fingerprint density at radius 1 is 0.943 bits per heavy atom. The minimum atomic E-state index is -1.09. The molecule has 2 saturated heterocycles. The van der Waals surface area contributed by atoms with Crippen molar-refractivity contribution in [3.63, 3.8) is 0 Å². The quantitative estimate of drug-likeness (QED) is 0.598. The van der Waals surface area contributed by atoms with Crippen LogP contribution in [0.15, 0.2) is 72.8 Å². The van der Waals surface area contributed by atoms with E-state index in [9.17, 15) is 9.90 Å². The fraction of sp³-hybridized carbons (Fsp3) is 0.345. The number of morpholine rings is 1. The van der Waals surface area contributed by atoms with E-state index in [1.165, 1.54) is 22.3 Å². The van der Waals surface area contributed by atoms with Crippen molar-refractivity contribution in [3.8, 4) is 16.9 Å². The molecule has 180 valence electrons. The summed E-state index contributed by atoms with van der Waals surface area (Å²) in [6.07, 6.45) is 0.398. The van der Waals surface area contributed by atoms with Crippen molar-refractivity contribution in [1.29, 1.82) is 0 Å². The van der Waals surface area contributed by atoms with Gasteiger partial charge in [0, 0.05) is 24.3 Å². The molecule has 0 aromatic heterocycles. The Balaban J connectivity index is 1.21. The minimum Gasteiger partial charge on any atom is -0.496 e. The van der Waals surface area contributed by atoms with Crippen molar-refractivity contribution >= 4 is 6.09 Å². The Labute approximate surface area is 205 Å². The maximum absolute atomic E-state index is 13.4. The zero-order chi connectivity index (χ0) is 24.0. The van der Waals surface area contributed by atoms with Crippen molar-refractivity contribution in [2.24, 2.45) is 0 Å². The van der Waals surface area contributed by atoms with Crippen LogP contribution in [0.3, 0.4) is 0 Å². The lowest BCUT2D eigenvalue weighted by atomic mass is 9.76. The molecular formula is C29H29NO5. The van der Waals surface area contributed by atoms with E-state index < -0.39 is 5.60 Å². The molecule has 35 heavy (non-hydrogen) atoms. The molecule has 2 fully saturated rings. The Bertz CT molecular complexity index is 1200. The predicted molar refractivity (Wildman–Crippen MR) is 131 cm³/mol. The van der Waals surface area contributed by atoms with Gasteiger partial charge in [0.2, 0.25) is 0 Å². The highest BCUT2D eigenvalue weighted by Crippen LogP contribution is 2.46. The van der Waals surface area contributed by atoms with Crippen LogP contribution in [0.1, 0.15) is 35.4 Å². The zero-order valence-corrected chi connectivity index (χ0v) is 19.7. The fourth-order valence-electron chi connectivity index (χ4n) is 6.19. The van der Waals surface area contributed by atoms with Gasteiger partial charge in [-0.3, -0.25) is 4.90 Å². The molecule has 3 aromatic rings. The monoisotopic (exact) mass is 471 g/mol. The third-order valence-corrected chi connectivity index (χ3v) is 7.71. The highest BCUT2D eigenvalue weighted by Gasteiger charge is 2.50. The van der Waals surface area contributed by atoms with Gasteiger partial charge < -0.3 is 19.3 Å². The largest absolute Gasteiger partial charge is 0.496 e. The Morgan fingerprint density at radius 3 is 2.14 bits per heavy atom. The number of nitrogens with zero attached hydrogens (tertiary/aromatic N) is 1. The third-order valence-electron chi connectivity index (χ3n) is 7.71. The van der Waals surface area contributed by atoms with Gasteiger partial charge in [0.05, 0.1) is 38.0 Å². The summed E-state index contributed by atoms with van der Waals surface area (Å²) in [4.78, 5) is 15.2. The molecule has 2 aliphatic heterocycles. The highest BCUT2D eigenvalue weighted by molar-refractivity contribution is 5.79. The van der Waals surface area contributed by atoms with Crippen molar-refractivity contribution in [2.45, 2.75) is 36.4 Å². The van der Waals surface area contributed by atoms with Crippen LogP contribution in [0.2, 0.25) is 0 Å². The summed E-state index contributed by atoms with van der Waals surface area (Å²) in [5, 5.41) is 11.7. The molecule has 3 aromatic carbocycles.